The van der Waals surface area contributed by atoms with Gasteiger partial charge in [-0.05, 0) is 45.1 Å². The Balaban J connectivity index is 2.10. The van der Waals surface area contributed by atoms with Crippen molar-refractivity contribution in [2.24, 2.45) is 0 Å². The average molecular weight is 304 g/mol. The summed E-state index contributed by atoms with van der Waals surface area (Å²) in [6.07, 6.45) is 0. The Kier molecular flexibility index (Phi) is 3.56. The molecule has 1 N–H and O–H groups in total. The zero-order valence-electron chi connectivity index (χ0n) is 8.14. The molecular formula is C11H8BrF2NS. The number of rotatable bonds is 3. The molecule has 1 nitrogen and oxygen atoms in total. The van der Waals surface area contributed by atoms with Gasteiger partial charge < -0.3 is 5.32 Å². The molecule has 1 heterocycles. The van der Waals surface area contributed by atoms with E-state index in [0.717, 1.165) is 9.35 Å². The van der Waals surface area contributed by atoms with Gasteiger partial charge in [0.25, 0.3) is 0 Å². The van der Waals surface area contributed by atoms with Crippen LogP contribution in [0.5, 0.6) is 0 Å². The minimum atomic E-state index is -0.575. The summed E-state index contributed by atoms with van der Waals surface area (Å²) in [5.41, 5.74) is 0.907. The molecule has 2 rings (SSSR count). The summed E-state index contributed by atoms with van der Waals surface area (Å²) in [6, 6.07) is 5.72. The molecule has 0 saturated heterocycles. The molecule has 1 aromatic heterocycles. The van der Waals surface area contributed by atoms with Crippen LogP contribution < -0.4 is 5.32 Å². The van der Waals surface area contributed by atoms with Crippen molar-refractivity contribution in [1.29, 1.82) is 0 Å². The van der Waals surface area contributed by atoms with E-state index in [1.165, 1.54) is 29.5 Å². The third-order valence-electron chi connectivity index (χ3n) is 2.05. The second-order valence-corrected chi connectivity index (χ2v) is 5.50. The van der Waals surface area contributed by atoms with E-state index in [4.69, 9.17) is 0 Å². The van der Waals surface area contributed by atoms with E-state index in [-0.39, 0.29) is 5.69 Å². The zero-order valence-corrected chi connectivity index (χ0v) is 10.5. The van der Waals surface area contributed by atoms with E-state index in [9.17, 15) is 8.78 Å². The molecule has 0 aliphatic heterocycles. The lowest BCUT2D eigenvalue weighted by molar-refractivity contribution is 0.588. The van der Waals surface area contributed by atoms with Gasteiger partial charge in [0.2, 0.25) is 0 Å². The van der Waals surface area contributed by atoms with E-state index < -0.39 is 11.6 Å². The van der Waals surface area contributed by atoms with Gasteiger partial charge in [-0.15, -0.1) is 11.3 Å². The predicted octanol–water partition coefficient (Wildman–Crippen LogP) is 4.40. The lowest BCUT2D eigenvalue weighted by Gasteiger charge is -2.07. The van der Waals surface area contributed by atoms with Crippen molar-refractivity contribution in [1.82, 2.24) is 0 Å². The smallest absolute Gasteiger partial charge is 0.149 e. The summed E-state index contributed by atoms with van der Waals surface area (Å²) < 4.78 is 27.5. The van der Waals surface area contributed by atoms with Crippen molar-refractivity contribution < 1.29 is 8.78 Å². The molecule has 0 fully saturated rings. The topological polar surface area (TPSA) is 12.0 Å². The molecule has 1 aromatic carbocycles. The fourth-order valence-corrected chi connectivity index (χ4v) is 2.50. The highest BCUT2D eigenvalue weighted by Crippen LogP contribution is 2.23. The lowest BCUT2D eigenvalue weighted by atomic mass is 10.2. The zero-order chi connectivity index (χ0) is 11.5. The quantitative estimate of drug-likeness (QED) is 0.886. The molecule has 0 aliphatic carbocycles. The molecular weight excluding hydrogens is 296 g/mol. The van der Waals surface area contributed by atoms with Gasteiger partial charge >= 0.3 is 0 Å². The maximum atomic E-state index is 13.2. The van der Waals surface area contributed by atoms with Crippen molar-refractivity contribution in [2.45, 2.75) is 6.54 Å². The number of hydrogen-bond donors (Lipinski definition) is 1. The van der Waals surface area contributed by atoms with E-state index >= 15 is 0 Å². The highest BCUT2D eigenvalue weighted by atomic mass is 79.9. The van der Waals surface area contributed by atoms with Crippen LogP contribution >= 0.6 is 27.3 Å². The Morgan fingerprint density at radius 2 is 1.94 bits per heavy atom. The maximum Gasteiger partial charge on any atom is 0.149 e. The van der Waals surface area contributed by atoms with Crippen LogP contribution in [0.1, 0.15) is 5.56 Å². The summed E-state index contributed by atoms with van der Waals surface area (Å²) in [5.74, 6) is -1.15. The summed E-state index contributed by atoms with van der Waals surface area (Å²) in [7, 11) is 0. The van der Waals surface area contributed by atoms with E-state index in [1.54, 1.807) is 0 Å². The van der Waals surface area contributed by atoms with Gasteiger partial charge in [-0.25, -0.2) is 8.78 Å². The number of hydrogen-bond acceptors (Lipinski definition) is 2. The molecule has 0 amide bonds. The standard InChI is InChI=1S/C11H8BrF2NS/c12-10-4-7(6-16-10)5-15-11-8(13)2-1-3-9(11)14/h1-4,6,15H,5H2. The first-order valence-electron chi connectivity index (χ1n) is 4.57. The SMILES string of the molecule is Fc1cccc(F)c1NCc1csc(Br)c1. The van der Waals surface area contributed by atoms with Gasteiger partial charge in [-0.1, -0.05) is 6.07 Å². The normalized spacial score (nSPS) is 10.4. The van der Waals surface area contributed by atoms with Crippen LogP contribution in [0.25, 0.3) is 0 Å². The number of thiophene rings is 1. The molecule has 16 heavy (non-hydrogen) atoms. The van der Waals surface area contributed by atoms with Crippen LogP contribution in [0.3, 0.4) is 0 Å². The molecule has 84 valence electrons. The lowest BCUT2D eigenvalue weighted by Crippen LogP contribution is -2.02. The number of nitrogens with one attached hydrogen (secondary N) is 1. The van der Waals surface area contributed by atoms with Gasteiger partial charge in [0, 0.05) is 6.54 Å². The van der Waals surface area contributed by atoms with Gasteiger partial charge in [-0.2, -0.15) is 0 Å². The predicted molar refractivity (Wildman–Crippen MR) is 65.7 cm³/mol. The Bertz CT molecular complexity index is 478. The van der Waals surface area contributed by atoms with Gasteiger partial charge in [-0.3, -0.25) is 0 Å². The first kappa shape index (κ1) is 11.5. The van der Waals surface area contributed by atoms with Crippen LogP contribution in [-0.2, 0) is 6.54 Å². The first-order chi connectivity index (χ1) is 7.66. The maximum absolute atomic E-state index is 13.2. The van der Waals surface area contributed by atoms with Crippen molar-refractivity contribution in [3.05, 3.63) is 50.6 Å². The summed E-state index contributed by atoms with van der Waals surface area (Å²) in [6.45, 7) is 0.403. The van der Waals surface area contributed by atoms with Gasteiger partial charge in [0.15, 0.2) is 0 Å². The molecule has 0 atom stereocenters. The summed E-state index contributed by atoms with van der Waals surface area (Å²) >= 11 is 4.87. The van der Waals surface area contributed by atoms with Crippen LogP contribution in [-0.4, -0.2) is 0 Å². The van der Waals surface area contributed by atoms with Crippen molar-refractivity contribution in [3.63, 3.8) is 0 Å². The Morgan fingerprint density at radius 3 is 2.50 bits per heavy atom. The number of para-hydroxylation sites is 1. The fraction of sp³-hybridized carbons (Fsp3) is 0.0909. The third kappa shape index (κ3) is 2.59. The first-order valence-corrected chi connectivity index (χ1v) is 6.25. The minimum absolute atomic E-state index is 0.0789. The molecule has 5 heteroatoms. The van der Waals surface area contributed by atoms with Crippen LogP contribution in [0, 0.1) is 11.6 Å². The largest absolute Gasteiger partial charge is 0.376 e. The van der Waals surface area contributed by atoms with Gasteiger partial charge in [0.1, 0.15) is 17.3 Å². The highest BCUT2D eigenvalue weighted by molar-refractivity contribution is 9.11. The molecule has 0 aliphatic rings. The second kappa shape index (κ2) is 4.93. The van der Waals surface area contributed by atoms with Crippen LogP contribution in [0.2, 0.25) is 0 Å². The molecule has 2 aromatic rings. The Labute approximate surface area is 104 Å². The van der Waals surface area contributed by atoms with E-state index in [2.05, 4.69) is 21.2 Å². The van der Waals surface area contributed by atoms with E-state index in [1.807, 2.05) is 11.4 Å². The van der Waals surface area contributed by atoms with Crippen molar-refractivity contribution in [2.75, 3.05) is 5.32 Å². The molecule has 0 spiro atoms. The van der Waals surface area contributed by atoms with E-state index in [0.29, 0.717) is 6.54 Å². The monoisotopic (exact) mass is 303 g/mol. The Hall–Kier alpha value is -0.940. The Morgan fingerprint density at radius 1 is 1.25 bits per heavy atom. The molecule has 0 unspecified atom stereocenters. The van der Waals surface area contributed by atoms with Crippen LogP contribution in [0.4, 0.5) is 14.5 Å². The number of halogens is 3. The van der Waals surface area contributed by atoms with Crippen molar-refractivity contribution >= 4 is 33.0 Å². The van der Waals surface area contributed by atoms with Crippen LogP contribution in [0.15, 0.2) is 33.4 Å². The second-order valence-electron chi connectivity index (χ2n) is 3.21. The fourth-order valence-electron chi connectivity index (χ4n) is 1.30. The average Bonchev–Trinajstić information content (AvgIpc) is 2.63. The number of benzene rings is 1. The van der Waals surface area contributed by atoms with Gasteiger partial charge in [0.05, 0.1) is 3.79 Å². The summed E-state index contributed by atoms with van der Waals surface area (Å²) in [5, 5.41) is 4.67. The highest BCUT2D eigenvalue weighted by Gasteiger charge is 2.07. The molecule has 0 radical (unpaired) electrons. The summed E-state index contributed by atoms with van der Waals surface area (Å²) in [4.78, 5) is 0. The third-order valence-corrected chi connectivity index (χ3v) is 3.61. The number of anilines is 1. The van der Waals surface area contributed by atoms with Crippen molar-refractivity contribution in [3.8, 4) is 0 Å². The molecule has 0 bridgehead atoms. The molecule has 0 saturated carbocycles. The minimum Gasteiger partial charge on any atom is -0.376 e.